The van der Waals surface area contributed by atoms with Crippen LogP contribution in [0.25, 0.3) is 0 Å². The Kier molecular flexibility index (Phi) is 5.31. The van der Waals surface area contributed by atoms with Crippen molar-refractivity contribution in [1.29, 1.82) is 0 Å². The van der Waals surface area contributed by atoms with Gasteiger partial charge in [-0.25, -0.2) is 0 Å². The van der Waals surface area contributed by atoms with E-state index in [1.807, 2.05) is 0 Å². The summed E-state index contributed by atoms with van der Waals surface area (Å²) in [5.41, 5.74) is 0.282. The van der Waals surface area contributed by atoms with Gasteiger partial charge in [0.25, 0.3) is 0 Å². The number of likely N-dealkylation sites (N-methyl/N-ethyl adjacent to an activating group) is 1. The van der Waals surface area contributed by atoms with Gasteiger partial charge in [0.05, 0.1) is 5.92 Å². The maximum absolute atomic E-state index is 11.7. The average molecular weight is 296 g/mol. The van der Waals surface area contributed by atoms with E-state index in [9.17, 15) is 9.90 Å². The normalized spacial score (nSPS) is 33.6. The first-order valence-corrected chi connectivity index (χ1v) is 8.44. The molecule has 122 valence electrons. The predicted molar refractivity (Wildman–Crippen MR) is 85.4 cm³/mol. The Labute approximate surface area is 129 Å². The minimum absolute atomic E-state index is 0.174. The molecule has 2 fully saturated rings. The molecule has 4 nitrogen and oxygen atoms in total. The van der Waals surface area contributed by atoms with Gasteiger partial charge >= 0.3 is 5.97 Å². The fraction of sp³-hybridized carbons (Fsp3) is 0.941. The second-order valence-electron chi connectivity index (χ2n) is 8.08. The van der Waals surface area contributed by atoms with Gasteiger partial charge in [-0.2, -0.15) is 0 Å². The van der Waals surface area contributed by atoms with Gasteiger partial charge in [-0.3, -0.25) is 9.69 Å². The van der Waals surface area contributed by atoms with Gasteiger partial charge in [-0.05, 0) is 57.2 Å². The third-order valence-corrected chi connectivity index (χ3v) is 5.58. The van der Waals surface area contributed by atoms with Gasteiger partial charge in [0.2, 0.25) is 0 Å². The predicted octanol–water partition coefficient (Wildman–Crippen LogP) is 2.54. The van der Waals surface area contributed by atoms with E-state index in [4.69, 9.17) is 0 Å². The molecule has 21 heavy (non-hydrogen) atoms. The number of nitrogens with zero attached hydrogens (tertiary/aromatic N) is 2. The summed E-state index contributed by atoms with van der Waals surface area (Å²) in [5.74, 6) is -0.129. The molecule has 1 saturated heterocycles. The molecule has 0 amide bonds. The van der Waals surface area contributed by atoms with E-state index >= 15 is 0 Å². The maximum Gasteiger partial charge on any atom is 0.308 e. The van der Waals surface area contributed by atoms with Gasteiger partial charge in [0.15, 0.2) is 0 Å². The van der Waals surface area contributed by atoms with Crippen LogP contribution >= 0.6 is 0 Å². The van der Waals surface area contributed by atoms with Crippen LogP contribution in [0.4, 0.5) is 0 Å². The lowest BCUT2D eigenvalue weighted by Gasteiger charge is -2.44. The highest BCUT2D eigenvalue weighted by Gasteiger charge is 2.41. The van der Waals surface area contributed by atoms with Crippen molar-refractivity contribution < 1.29 is 9.90 Å². The van der Waals surface area contributed by atoms with E-state index in [0.717, 1.165) is 51.9 Å². The highest BCUT2D eigenvalue weighted by Crippen LogP contribution is 2.41. The van der Waals surface area contributed by atoms with Crippen LogP contribution in [0.5, 0.6) is 0 Å². The molecule has 2 rings (SSSR count). The number of carboxylic acids is 1. The van der Waals surface area contributed by atoms with Gasteiger partial charge in [-0.1, -0.05) is 20.8 Å². The van der Waals surface area contributed by atoms with E-state index < -0.39 is 5.97 Å². The molecule has 0 radical (unpaired) electrons. The molecule has 1 aliphatic heterocycles. The summed E-state index contributed by atoms with van der Waals surface area (Å²) in [6, 6.07) is 0.229. The standard InChI is InChI=1S/C17H32N2O2/c1-17(2,3)13-6-7-14(16(20)21)15(12-13)19-9-5-8-18(4)10-11-19/h13-15H,5-12H2,1-4H3,(H,20,21). The fourth-order valence-electron chi connectivity index (χ4n) is 4.02. The van der Waals surface area contributed by atoms with Crippen LogP contribution in [-0.2, 0) is 4.79 Å². The molecule has 3 unspecified atom stereocenters. The van der Waals surface area contributed by atoms with Crippen LogP contribution in [0.1, 0.15) is 46.5 Å². The van der Waals surface area contributed by atoms with Crippen LogP contribution in [-0.4, -0.2) is 60.1 Å². The Hall–Kier alpha value is -0.610. The van der Waals surface area contributed by atoms with Gasteiger partial charge in [-0.15, -0.1) is 0 Å². The topological polar surface area (TPSA) is 43.8 Å². The molecule has 0 aromatic rings. The Morgan fingerprint density at radius 2 is 1.81 bits per heavy atom. The maximum atomic E-state index is 11.7. The number of aliphatic carboxylic acids is 1. The molecule has 3 atom stereocenters. The summed E-state index contributed by atoms with van der Waals surface area (Å²) in [7, 11) is 2.16. The van der Waals surface area contributed by atoms with Crippen molar-refractivity contribution in [2.24, 2.45) is 17.3 Å². The fourth-order valence-corrected chi connectivity index (χ4v) is 4.02. The van der Waals surface area contributed by atoms with Crippen LogP contribution in [0.2, 0.25) is 0 Å². The summed E-state index contributed by atoms with van der Waals surface area (Å²) in [4.78, 5) is 16.5. The van der Waals surface area contributed by atoms with Crippen molar-refractivity contribution in [3.05, 3.63) is 0 Å². The van der Waals surface area contributed by atoms with Crippen molar-refractivity contribution in [2.75, 3.05) is 33.2 Å². The van der Waals surface area contributed by atoms with E-state index in [2.05, 4.69) is 37.6 Å². The summed E-state index contributed by atoms with van der Waals surface area (Å²) < 4.78 is 0. The third kappa shape index (κ3) is 4.19. The molecular weight excluding hydrogens is 264 g/mol. The average Bonchev–Trinajstić information content (AvgIpc) is 2.61. The van der Waals surface area contributed by atoms with Crippen LogP contribution in [0, 0.1) is 17.3 Å². The van der Waals surface area contributed by atoms with Gasteiger partial charge in [0.1, 0.15) is 0 Å². The zero-order valence-electron chi connectivity index (χ0n) is 14.1. The van der Waals surface area contributed by atoms with Gasteiger partial charge in [0, 0.05) is 19.1 Å². The lowest BCUT2D eigenvalue weighted by atomic mass is 9.67. The summed E-state index contributed by atoms with van der Waals surface area (Å²) in [5, 5.41) is 9.61. The molecule has 1 aliphatic carbocycles. The molecule has 0 aromatic heterocycles. The molecule has 0 bridgehead atoms. The second kappa shape index (κ2) is 6.66. The van der Waals surface area contributed by atoms with Crippen molar-refractivity contribution in [2.45, 2.75) is 52.5 Å². The number of hydrogen-bond donors (Lipinski definition) is 1. The minimum Gasteiger partial charge on any atom is -0.481 e. The zero-order chi connectivity index (χ0) is 15.6. The van der Waals surface area contributed by atoms with E-state index in [1.165, 1.54) is 0 Å². The quantitative estimate of drug-likeness (QED) is 0.850. The SMILES string of the molecule is CN1CCCN(C2CC(C(C)(C)C)CCC2C(=O)O)CC1. The van der Waals surface area contributed by atoms with Crippen LogP contribution in [0.15, 0.2) is 0 Å². The molecule has 4 heteroatoms. The molecule has 0 aromatic carbocycles. The van der Waals surface area contributed by atoms with Crippen molar-refractivity contribution in [3.8, 4) is 0 Å². The largest absolute Gasteiger partial charge is 0.481 e. The van der Waals surface area contributed by atoms with E-state index in [1.54, 1.807) is 0 Å². The molecule has 1 N–H and O–H groups in total. The Balaban J connectivity index is 2.11. The molecule has 1 saturated carbocycles. The van der Waals surface area contributed by atoms with Crippen molar-refractivity contribution in [1.82, 2.24) is 9.80 Å². The van der Waals surface area contributed by atoms with E-state index in [0.29, 0.717) is 5.92 Å². The van der Waals surface area contributed by atoms with Gasteiger partial charge < -0.3 is 10.0 Å². The zero-order valence-corrected chi connectivity index (χ0v) is 14.1. The number of rotatable bonds is 2. The number of carboxylic acid groups (broad SMARTS) is 1. The summed E-state index contributed by atoms with van der Waals surface area (Å²) in [6.45, 7) is 11.1. The summed E-state index contributed by atoms with van der Waals surface area (Å²) in [6.07, 6.45) is 4.10. The third-order valence-electron chi connectivity index (χ3n) is 5.58. The first-order valence-electron chi connectivity index (χ1n) is 8.44. The van der Waals surface area contributed by atoms with Crippen LogP contribution in [0.3, 0.4) is 0 Å². The monoisotopic (exact) mass is 296 g/mol. The second-order valence-corrected chi connectivity index (χ2v) is 8.08. The Bertz CT molecular complexity index is 364. The molecule has 2 aliphatic rings. The molecule has 1 heterocycles. The lowest BCUT2D eigenvalue weighted by molar-refractivity contribution is -0.147. The Morgan fingerprint density at radius 1 is 1.10 bits per heavy atom. The van der Waals surface area contributed by atoms with E-state index in [-0.39, 0.29) is 17.4 Å². The number of hydrogen-bond acceptors (Lipinski definition) is 3. The Morgan fingerprint density at radius 3 is 2.43 bits per heavy atom. The lowest BCUT2D eigenvalue weighted by Crippen LogP contribution is -2.49. The first kappa shape index (κ1) is 16.8. The molecular formula is C17H32N2O2. The number of carbonyl (C=O) groups is 1. The van der Waals surface area contributed by atoms with Crippen molar-refractivity contribution in [3.63, 3.8) is 0 Å². The molecule has 0 spiro atoms. The minimum atomic E-state index is -0.593. The van der Waals surface area contributed by atoms with Crippen LogP contribution < -0.4 is 0 Å². The highest BCUT2D eigenvalue weighted by molar-refractivity contribution is 5.71. The smallest absolute Gasteiger partial charge is 0.308 e. The van der Waals surface area contributed by atoms with Crippen molar-refractivity contribution >= 4 is 5.97 Å². The first-order chi connectivity index (χ1) is 9.79. The highest BCUT2D eigenvalue weighted by atomic mass is 16.4. The summed E-state index contributed by atoms with van der Waals surface area (Å²) >= 11 is 0.